The van der Waals surface area contributed by atoms with Crippen molar-refractivity contribution in [2.24, 2.45) is 5.73 Å². The van der Waals surface area contributed by atoms with Crippen molar-refractivity contribution in [2.75, 3.05) is 6.61 Å². The molecule has 0 spiro atoms. The van der Waals surface area contributed by atoms with Gasteiger partial charge < -0.3 is 56.1 Å². The van der Waals surface area contributed by atoms with Crippen LogP contribution in [0.2, 0.25) is 0 Å². The summed E-state index contributed by atoms with van der Waals surface area (Å²) in [6, 6.07) is -1.28. The van der Waals surface area contributed by atoms with Gasteiger partial charge in [-0.05, 0) is 0 Å². The molecule has 2 rings (SSSR count). The quantitative estimate of drug-likeness (QED) is 0.236. The molecular weight excluding hydrogens is 318 g/mol. The van der Waals surface area contributed by atoms with E-state index < -0.39 is 73.9 Å². The van der Waals surface area contributed by atoms with Gasteiger partial charge in [0, 0.05) is 0 Å². The zero-order valence-electron chi connectivity index (χ0n) is 12.0. The van der Waals surface area contributed by atoms with Crippen molar-refractivity contribution in [3.05, 3.63) is 0 Å². The maximum atomic E-state index is 9.89. The molecule has 1 saturated carbocycles. The van der Waals surface area contributed by atoms with Gasteiger partial charge in [-0.3, -0.25) is 0 Å². The SMILES string of the molecule is N[C@H]1[C@H](OC2[C@H](O)[C@H](O)C(O)[C@H](O)[C@H]2O)O[C@H](CO)[C@@H](O)[C@@H]1O. The average molecular weight is 341 g/mol. The lowest BCUT2D eigenvalue weighted by molar-refractivity contribution is -0.316. The fourth-order valence-corrected chi connectivity index (χ4v) is 2.74. The summed E-state index contributed by atoms with van der Waals surface area (Å²) in [5, 5.41) is 77.1. The normalized spacial score (nSPS) is 54.9. The minimum atomic E-state index is -1.79. The summed E-state index contributed by atoms with van der Waals surface area (Å²) in [6.45, 7) is -0.648. The third kappa shape index (κ3) is 3.36. The molecule has 0 amide bonds. The molecule has 10 N–H and O–H groups in total. The number of ether oxygens (including phenoxy) is 2. The molecular formula is C12H23NO10. The Kier molecular flexibility index (Phi) is 5.92. The van der Waals surface area contributed by atoms with Gasteiger partial charge in [-0.1, -0.05) is 0 Å². The van der Waals surface area contributed by atoms with Gasteiger partial charge in [0.2, 0.25) is 0 Å². The van der Waals surface area contributed by atoms with E-state index in [1.807, 2.05) is 0 Å². The molecule has 136 valence electrons. The van der Waals surface area contributed by atoms with E-state index in [2.05, 4.69) is 0 Å². The molecule has 1 saturated heterocycles. The van der Waals surface area contributed by atoms with Crippen molar-refractivity contribution in [2.45, 2.75) is 67.3 Å². The molecule has 1 aliphatic carbocycles. The van der Waals surface area contributed by atoms with Gasteiger partial charge in [0.05, 0.1) is 12.6 Å². The van der Waals surface area contributed by atoms with E-state index in [0.717, 1.165) is 0 Å². The Balaban J connectivity index is 2.13. The Morgan fingerprint density at radius 3 is 1.70 bits per heavy atom. The van der Waals surface area contributed by atoms with Crippen LogP contribution in [0.1, 0.15) is 0 Å². The maximum absolute atomic E-state index is 9.89. The summed E-state index contributed by atoms with van der Waals surface area (Å²) in [5.41, 5.74) is 5.66. The van der Waals surface area contributed by atoms with Crippen LogP contribution in [-0.2, 0) is 9.47 Å². The topological polar surface area (TPSA) is 206 Å². The summed E-state index contributed by atoms with van der Waals surface area (Å²) in [5.74, 6) is 0. The maximum Gasteiger partial charge on any atom is 0.176 e. The van der Waals surface area contributed by atoms with E-state index in [4.69, 9.17) is 20.3 Å². The molecule has 0 bridgehead atoms. The first-order valence-corrected chi connectivity index (χ1v) is 7.14. The molecule has 0 aromatic rings. The summed E-state index contributed by atoms with van der Waals surface area (Å²) >= 11 is 0. The van der Waals surface area contributed by atoms with E-state index >= 15 is 0 Å². The molecule has 11 heteroatoms. The van der Waals surface area contributed by atoms with Gasteiger partial charge in [-0.15, -0.1) is 0 Å². The van der Waals surface area contributed by atoms with E-state index in [1.165, 1.54) is 0 Å². The fraction of sp³-hybridized carbons (Fsp3) is 1.00. The van der Waals surface area contributed by atoms with Crippen molar-refractivity contribution < 1.29 is 50.3 Å². The molecule has 0 radical (unpaired) electrons. The summed E-state index contributed by atoms with van der Waals surface area (Å²) in [7, 11) is 0. The number of aliphatic hydroxyl groups excluding tert-OH is 8. The highest BCUT2D eigenvalue weighted by molar-refractivity contribution is 5.00. The smallest absolute Gasteiger partial charge is 0.176 e. The highest BCUT2D eigenvalue weighted by Gasteiger charge is 2.52. The average Bonchev–Trinajstić information content (AvgIpc) is 2.54. The second-order valence-electron chi connectivity index (χ2n) is 5.84. The van der Waals surface area contributed by atoms with Crippen molar-refractivity contribution in [1.82, 2.24) is 0 Å². The monoisotopic (exact) mass is 341 g/mol. The zero-order chi connectivity index (χ0) is 17.5. The fourth-order valence-electron chi connectivity index (χ4n) is 2.74. The van der Waals surface area contributed by atoms with Crippen molar-refractivity contribution in [1.29, 1.82) is 0 Å². The molecule has 1 aliphatic heterocycles. The minimum absolute atomic E-state index is 0.648. The molecule has 0 aromatic heterocycles. The number of nitrogens with two attached hydrogens (primary N) is 1. The lowest BCUT2D eigenvalue weighted by Gasteiger charge is -2.46. The molecule has 23 heavy (non-hydrogen) atoms. The number of hydrogen-bond donors (Lipinski definition) is 9. The van der Waals surface area contributed by atoms with E-state index in [-0.39, 0.29) is 0 Å². The molecule has 0 aromatic carbocycles. The van der Waals surface area contributed by atoms with Crippen molar-refractivity contribution in [3.8, 4) is 0 Å². The lowest BCUT2D eigenvalue weighted by Crippen LogP contribution is -2.68. The summed E-state index contributed by atoms with van der Waals surface area (Å²) in [4.78, 5) is 0. The number of rotatable bonds is 3. The molecule has 2 aliphatic rings. The summed E-state index contributed by atoms with van der Waals surface area (Å²) < 4.78 is 10.4. The Bertz CT molecular complexity index is 382. The van der Waals surface area contributed by atoms with Crippen LogP contribution in [0.25, 0.3) is 0 Å². The van der Waals surface area contributed by atoms with Crippen LogP contribution < -0.4 is 5.73 Å². The predicted molar refractivity (Wildman–Crippen MR) is 70.6 cm³/mol. The van der Waals surface area contributed by atoms with Gasteiger partial charge in [0.15, 0.2) is 6.29 Å². The van der Waals surface area contributed by atoms with E-state index in [9.17, 15) is 35.7 Å². The van der Waals surface area contributed by atoms with Crippen LogP contribution in [-0.4, -0.2) is 115 Å². The Morgan fingerprint density at radius 1 is 0.739 bits per heavy atom. The van der Waals surface area contributed by atoms with Crippen LogP contribution >= 0.6 is 0 Å². The Hall–Kier alpha value is -0.440. The lowest BCUT2D eigenvalue weighted by atomic mass is 9.84. The predicted octanol–water partition coefficient (Wildman–Crippen LogP) is -6.04. The second-order valence-corrected chi connectivity index (χ2v) is 5.84. The molecule has 1 heterocycles. The van der Waals surface area contributed by atoms with Crippen LogP contribution in [0.3, 0.4) is 0 Å². The first-order valence-electron chi connectivity index (χ1n) is 7.14. The molecule has 11 atom stereocenters. The second kappa shape index (κ2) is 7.21. The largest absolute Gasteiger partial charge is 0.394 e. The van der Waals surface area contributed by atoms with Gasteiger partial charge >= 0.3 is 0 Å². The van der Waals surface area contributed by atoms with Crippen molar-refractivity contribution >= 4 is 0 Å². The first kappa shape index (κ1) is 18.9. The highest BCUT2D eigenvalue weighted by atomic mass is 16.7. The Labute approximate surface area is 131 Å². The highest BCUT2D eigenvalue weighted by Crippen LogP contribution is 2.28. The van der Waals surface area contributed by atoms with Crippen molar-refractivity contribution in [3.63, 3.8) is 0 Å². The summed E-state index contributed by atoms with van der Waals surface area (Å²) in [6.07, 6.45) is -16.1. The zero-order valence-corrected chi connectivity index (χ0v) is 12.0. The van der Waals surface area contributed by atoms with E-state index in [1.54, 1.807) is 0 Å². The third-order valence-electron chi connectivity index (χ3n) is 4.29. The number of hydrogen-bond acceptors (Lipinski definition) is 11. The van der Waals surface area contributed by atoms with Gasteiger partial charge in [-0.25, -0.2) is 0 Å². The van der Waals surface area contributed by atoms with Crippen LogP contribution in [0.15, 0.2) is 0 Å². The third-order valence-corrected chi connectivity index (χ3v) is 4.29. The van der Waals surface area contributed by atoms with Crippen LogP contribution in [0.5, 0.6) is 0 Å². The first-order chi connectivity index (χ1) is 10.7. The van der Waals surface area contributed by atoms with Gasteiger partial charge in [-0.2, -0.15) is 0 Å². The number of aliphatic hydroxyl groups is 8. The van der Waals surface area contributed by atoms with Crippen LogP contribution in [0, 0.1) is 0 Å². The van der Waals surface area contributed by atoms with Gasteiger partial charge in [0.25, 0.3) is 0 Å². The molecule has 2 fully saturated rings. The van der Waals surface area contributed by atoms with Crippen LogP contribution in [0.4, 0.5) is 0 Å². The Morgan fingerprint density at radius 2 is 1.22 bits per heavy atom. The molecule has 2 unspecified atom stereocenters. The minimum Gasteiger partial charge on any atom is -0.394 e. The standard InChI is InChI=1S/C12H23NO10/c13-3-5(16)4(15)2(1-14)22-12(3)23-11-9(20)7(18)6(17)8(19)10(11)21/h2-12,14-21H,1,13H2/t2-,3-,4-,5-,6?,7-,8+,9-,10-,11?,12+/m1/s1. The van der Waals surface area contributed by atoms with E-state index in [0.29, 0.717) is 0 Å². The molecule has 11 nitrogen and oxygen atoms in total. The van der Waals surface area contributed by atoms with Gasteiger partial charge in [0.1, 0.15) is 54.9 Å².